The minimum absolute atomic E-state index is 0.309. The summed E-state index contributed by atoms with van der Waals surface area (Å²) in [5.74, 6) is 2.40. The summed E-state index contributed by atoms with van der Waals surface area (Å²) in [7, 11) is 2.10. The summed E-state index contributed by atoms with van der Waals surface area (Å²) in [5, 5.41) is 12.5. The molecule has 0 heterocycles. The maximum Gasteiger partial charge on any atom is 0.0443 e. The van der Waals surface area contributed by atoms with Gasteiger partial charge in [-0.1, -0.05) is 20.8 Å². The molecule has 1 fully saturated rings. The van der Waals surface area contributed by atoms with Gasteiger partial charge in [-0.3, -0.25) is 0 Å². The fourth-order valence-electron chi connectivity index (χ4n) is 3.52. The Morgan fingerprint density at radius 2 is 2.00 bits per heavy atom. The van der Waals surface area contributed by atoms with Crippen LogP contribution >= 0.6 is 0 Å². The number of nitrogens with one attached hydrogen (secondary N) is 1. The van der Waals surface area contributed by atoms with Crippen molar-refractivity contribution >= 4 is 0 Å². The van der Waals surface area contributed by atoms with Crippen LogP contribution in [0.4, 0.5) is 0 Å². The quantitative estimate of drug-likeness (QED) is 0.731. The van der Waals surface area contributed by atoms with Gasteiger partial charge in [-0.15, -0.1) is 0 Å². The first-order valence-corrected chi connectivity index (χ1v) is 7.62. The molecule has 0 bridgehead atoms. The highest BCUT2D eigenvalue weighted by Gasteiger charge is 2.33. The molecule has 0 aromatic rings. The molecule has 0 aliphatic heterocycles. The van der Waals surface area contributed by atoms with Crippen LogP contribution < -0.4 is 5.32 Å². The highest BCUT2D eigenvalue weighted by atomic mass is 16.3. The van der Waals surface area contributed by atoms with Crippen molar-refractivity contribution in [2.75, 3.05) is 33.3 Å². The van der Waals surface area contributed by atoms with Crippen molar-refractivity contribution < 1.29 is 5.11 Å². The second-order valence-electron chi connectivity index (χ2n) is 6.08. The molecule has 2 N–H and O–H groups in total. The van der Waals surface area contributed by atoms with Crippen molar-refractivity contribution in [2.24, 2.45) is 17.8 Å². The Kier molecular flexibility index (Phi) is 7.20. The van der Waals surface area contributed by atoms with Gasteiger partial charge in [0.15, 0.2) is 0 Å². The van der Waals surface area contributed by atoms with Gasteiger partial charge in [0, 0.05) is 25.7 Å². The Hall–Kier alpha value is -0.120. The second-order valence-corrected chi connectivity index (χ2v) is 6.08. The van der Waals surface area contributed by atoms with E-state index in [0.29, 0.717) is 12.6 Å². The molecule has 108 valence electrons. The Bertz CT molecular complexity index is 223. The molecule has 1 rings (SSSR count). The van der Waals surface area contributed by atoms with E-state index in [9.17, 15) is 0 Å². The summed E-state index contributed by atoms with van der Waals surface area (Å²) in [4.78, 5) is 2.50. The molecule has 3 heteroatoms. The van der Waals surface area contributed by atoms with Gasteiger partial charge < -0.3 is 15.3 Å². The third kappa shape index (κ3) is 4.52. The molecule has 1 aliphatic carbocycles. The average molecular weight is 256 g/mol. The highest BCUT2D eigenvalue weighted by molar-refractivity contribution is 4.88. The SMILES string of the molecule is CCN(CCCO)CC1C(C)CC(C)CC1NC. The summed E-state index contributed by atoms with van der Waals surface area (Å²) in [6.45, 7) is 10.6. The van der Waals surface area contributed by atoms with Crippen molar-refractivity contribution in [3.05, 3.63) is 0 Å². The normalized spacial score (nSPS) is 33.0. The summed E-state index contributed by atoms with van der Waals surface area (Å²) in [6.07, 6.45) is 3.57. The van der Waals surface area contributed by atoms with Crippen LogP contribution in [0.25, 0.3) is 0 Å². The standard InChI is InChI=1S/C15H32N2O/c1-5-17(7-6-8-18)11-14-13(3)9-12(2)10-15(14)16-4/h12-16,18H,5-11H2,1-4H3. The lowest BCUT2D eigenvalue weighted by molar-refractivity contribution is 0.103. The molecule has 1 saturated carbocycles. The largest absolute Gasteiger partial charge is 0.396 e. The number of hydrogen-bond donors (Lipinski definition) is 2. The Morgan fingerprint density at radius 1 is 1.28 bits per heavy atom. The van der Waals surface area contributed by atoms with Crippen molar-refractivity contribution in [1.82, 2.24) is 10.2 Å². The molecular weight excluding hydrogens is 224 g/mol. The van der Waals surface area contributed by atoms with Gasteiger partial charge in [-0.25, -0.2) is 0 Å². The van der Waals surface area contributed by atoms with Crippen LogP contribution in [0.3, 0.4) is 0 Å². The second kappa shape index (κ2) is 8.13. The van der Waals surface area contributed by atoms with E-state index in [4.69, 9.17) is 5.11 Å². The first-order valence-electron chi connectivity index (χ1n) is 7.62. The monoisotopic (exact) mass is 256 g/mol. The van der Waals surface area contributed by atoms with Crippen molar-refractivity contribution in [1.29, 1.82) is 0 Å². The lowest BCUT2D eigenvalue weighted by Gasteiger charge is -2.42. The Morgan fingerprint density at radius 3 is 2.56 bits per heavy atom. The van der Waals surface area contributed by atoms with E-state index >= 15 is 0 Å². The van der Waals surface area contributed by atoms with E-state index in [1.54, 1.807) is 0 Å². The summed E-state index contributed by atoms with van der Waals surface area (Å²) in [6, 6.07) is 0.659. The zero-order valence-electron chi connectivity index (χ0n) is 12.7. The highest BCUT2D eigenvalue weighted by Crippen LogP contribution is 2.34. The molecule has 4 unspecified atom stereocenters. The van der Waals surface area contributed by atoms with Crippen LogP contribution in [-0.4, -0.2) is 49.3 Å². The number of aliphatic hydroxyl groups is 1. The van der Waals surface area contributed by atoms with E-state index in [1.807, 2.05) is 0 Å². The fourth-order valence-corrected chi connectivity index (χ4v) is 3.52. The predicted octanol–water partition coefficient (Wildman–Crippen LogP) is 1.96. The van der Waals surface area contributed by atoms with Crippen LogP contribution in [0.1, 0.15) is 40.0 Å². The summed E-state index contributed by atoms with van der Waals surface area (Å²) < 4.78 is 0. The van der Waals surface area contributed by atoms with Gasteiger partial charge in [0.2, 0.25) is 0 Å². The average Bonchev–Trinajstić information content (AvgIpc) is 2.36. The van der Waals surface area contributed by atoms with E-state index in [2.05, 4.69) is 38.0 Å². The van der Waals surface area contributed by atoms with Gasteiger partial charge in [-0.05, 0) is 50.6 Å². The van der Waals surface area contributed by atoms with E-state index in [0.717, 1.165) is 37.3 Å². The zero-order chi connectivity index (χ0) is 13.5. The predicted molar refractivity (Wildman–Crippen MR) is 77.7 cm³/mol. The van der Waals surface area contributed by atoms with E-state index in [-0.39, 0.29) is 0 Å². The maximum absolute atomic E-state index is 8.96. The molecule has 1 aliphatic rings. The molecule has 0 aromatic heterocycles. The lowest BCUT2D eigenvalue weighted by atomic mass is 9.72. The molecule has 18 heavy (non-hydrogen) atoms. The fraction of sp³-hybridized carbons (Fsp3) is 1.00. The molecule has 0 radical (unpaired) electrons. The smallest absolute Gasteiger partial charge is 0.0443 e. The number of hydrogen-bond acceptors (Lipinski definition) is 3. The van der Waals surface area contributed by atoms with Crippen molar-refractivity contribution in [3.63, 3.8) is 0 Å². The van der Waals surface area contributed by atoms with Gasteiger partial charge in [0.05, 0.1) is 0 Å². The molecule has 0 spiro atoms. The zero-order valence-corrected chi connectivity index (χ0v) is 12.7. The summed E-state index contributed by atoms with van der Waals surface area (Å²) >= 11 is 0. The molecule has 3 nitrogen and oxygen atoms in total. The van der Waals surface area contributed by atoms with E-state index < -0.39 is 0 Å². The lowest BCUT2D eigenvalue weighted by Crippen LogP contribution is -2.48. The van der Waals surface area contributed by atoms with Gasteiger partial charge >= 0.3 is 0 Å². The Labute approximate surface area is 113 Å². The van der Waals surface area contributed by atoms with Crippen LogP contribution in [-0.2, 0) is 0 Å². The van der Waals surface area contributed by atoms with E-state index in [1.165, 1.54) is 19.4 Å². The molecule has 0 saturated heterocycles. The first-order chi connectivity index (χ1) is 8.62. The van der Waals surface area contributed by atoms with Crippen molar-refractivity contribution in [2.45, 2.75) is 46.1 Å². The third-order valence-electron chi connectivity index (χ3n) is 4.60. The number of aliphatic hydroxyl groups excluding tert-OH is 1. The first kappa shape index (κ1) is 15.9. The van der Waals surface area contributed by atoms with Crippen LogP contribution in [0.2, 0.25) is 0 Å². The minimum atomic E-state index is 0.309. The number of rotatable bonds is 7. The molecular formula is C15H32N2O. The van der Waals surface area contributed by atoms with Gasteiger partial charge in [0.1, 0.15) is 0 Å². The van der Waals surface area contributed by atoms with Gasteiger partial charge in [-0.2, -0.15) is 0 Å². The Balaban J connectivity index is 2.54. The summed E-state index contributed by atoms with van der Waals surface area (Å²) in [5.41, 5.74) is 0. The van der Waals surface area contributed by atoms with Crippen molar-refractivity contribution in [3.8, 4) is 0 Å². The van der Waals surface area contributed by atoms with Crippen LogP contribution in [0.5, 0.6) is 0 Å². The topological polar surface area (TPSA) is 35.5 Å². The molecule has 4 atom stereocenters. The molecule has 0 amide bonds. The third-order valence-corrected chi connectivity index (χ3v) is 4.60. The van der Waals surface area contributed by atoms with Crippen LogP contribution in [0, 0.1) is 17.8 Å². The van der Waals surface area contributed by atoms with Crippen LogP contribution in [0.15, 0.2) is 0 Å². The van der Waals surface area contributed by atoms with Gasteiger partial charge in [0.25, 0.3) is 0 Å². The minimum Gasteiger partial charge on any atom is -0.396 e. The number of nitrogens with zero attached hydrogens (tertiary/aromatic N) is 1. The molecule has 0 aromatic carbocycles. The maximum atomic E-state index is 8.96.